The first-order chi connectivity index (χ1) is 12.1. The van der Waals surface area contributed by atoms with Crippen LogP contribution in [-0.4, -0.2) is 59.7 Å². The van der Waals surface area contributed by atoms with Crippen LogP contribution < -0.4 is 0 Å². The fourth-order valence-electron chi connectivity index (χ4n) is 2.82. The van der Waals surface area contributed by atoms with E-state index < -0.39 is 10.0 Å². The summed E-state index contributed by atoms with van der Waals surface area (Å²) >= 11 is 0. The summed E-state index contributed by atoms with van der Waals surface area (Å²) < 4.78 is 26.8. The maximum atomic E-state index is 12.7. The predicted molar refractivity (Wildman–Crippen MR) is 93.2 cm³/mol. The highest BCUT2D eigenvalue weighted by atomic mass is 32.2. The van der Waals surface area contributed by atoms with Crippen molar-refractivity contribution in [3.05, 3.63) is 60.2 Å². The molecule has 0 spiro atoms. The second-order valence-electron chi connectivity index (χ2n) is 5.88. The smallest absolute Gasteiger partial charge is 0.274 e. The zero-order chi connectivity index (χ0) is 17.7. The molecule has 7 nitrogen and oxygen atoms in total. The molecule has 1 fully saturated rings. The molecule has 1 aromatic heterocycles. The topological polar surface area (TPSA) is 83.5 Å². The van der Waals surface area contributed by atoms with Crippen molar-refractivity contribution in [2.45, 2.75) is 12.2 Å². The van der Waals surface area contributed by atoms with Gasteiger partial charge in [-0.2, -0.15) is 4.31 Å². The molecule has 1 amide bonds. The molecule has 2 heterocycles. The number of nitrogens with zero attached hydrogens (tertiary/aromatic N) is 4. The van der Waals surface area contributed by atoms with E-state index in [1.54, 1.807) is 17.0 Å². The van der Waals surface area contributed by atoms with Gasteiger partial charge in [-0.25, -0.2) is 13.4 Å². The van der Waals surface area contributed by atoms with Crippen LogP contribution in [0.1, 0.15) is 22.5 Å². The Balaban J connectivity index is 1.66. The zero-order valence-electron chi connectivity index (χ0n) is 13.8. The van der Waals surface area contributed by atoms with Gasteiger partial charge in [0.25, 0.3) is 5.91 Å². The maximum absolute atomic E-state index is 12.7. The van der Waals surface area contributed by atoms with E-state index >= 15 is 0 Å². The summed E-state index contributed by atoms with van der Waals surface area (Å²) in [5.41, 5.74) is 1.04. The lowest BCUT2D eigenvalue weighted by molar-refractivity contribution is 0.0758. The van der Waals surface area contributed by atoms with Crippen molar-refractivity contribution in [3.63, 3.8) is 0 Å². The van der Waals surface area contributed by atoms with E-state index in [-0.39, 0.29) is 17.4 Å². The van der Waals surface area contributed by atoms with Crippen molar-refractivity contribution in [2.75, 3.05) is 26.2 Å². The summed E-state index contributed by atoms with van der Waals surface area (Å²) in [5.74, 6) is -0.234. The van der Waals surface area contributed by atoms with Crippen LogP contribution in [0, 0.1) is 0 Å². The van der Waals surface area contributed by atoms with Gasteiger partial charge in [-0.3, -0.25) is 9.78 Å². The van der Waals surface area contributed by atoms with Gasteiger partial charge in [0.05, 0.1) is 11.9 Å². The molecule has 3 rings (SSSR count). The first-order valence-electron chi connectivity index (χ1n) is 8.13. The van der Waals surface area contributed by atoms with Crippen molar-refractivity contribution in [2.24, 2.45) is 0 Å². The molecule has 0 radical (unpaired) electrons. The van der Waals surface area contributed by atoms with Gasteiger partial charge in [0.2, 0.25) is 10.0 Å². The second kappa shape index (κ2) is 7.71. The average Bonchev–Trinajstić information content (AvgIpc) is 2.89. The molecular formula is C17H20N4O3S. The summed E-state index contributed by atoms with van der Waals surface area (Å²) in [4.78, 5) is 22.0. The molecule has 1 aliphatic heterocycles. The molecule has 1 aliphatic rings. The molecule has 1 saturated heterocycles. The minimum atomic E-state index is -3.41. The van der Waals surface area contributed by atoms with Gasteiger partial charge < -0.3 is 4.90 Å². The van der Waals surface area contributed by atoms with E-state index in [9.17, 15) is 13.2 Å². The van der Waals surface area contributed by atoms with E-state index in [1.165, 1.54) is 22.9 Å². The maximum Gasteiger partial charge on any atom is 0.274 e. The standard InChI is InChI=1S/C17H20N4O3S/c22-17(16-13-18-7-8-19-16)20-9-4-10-21(12-11-20)25(23,24)14-15-5-2-1-3-6-15/h1-3,5-8,13H,4,9-12,14H2. The van der Waals surface area contributed by atoms with Crippen LogP contribution in [0.2, 0.25) is 0 Å². The van der Waals surface area contributed by atoms with Crippen LogP contribution in [0.5, 0.6) is 0 Å². The minimum Gasteiger partial charge on any atom is -0.336 e. The Labute approximate surface area is 147 Å². The lowest BCUT2D eigenvalue weighted by Crippen LogP contribution is -2.38. The molecule has 0 N–H and O–H groups in total. The number of hydrogen-bond acceptors (Lipinski definition) is 5. The summed E-state index contributed by atoms with van der Waals surface area (Å²) in [7, 11) is -3.41. The number of aromatic nitrogens is 2. The molecule has 0 atom stereocenters. The minimum absolute atomic E-state index is 0.0219. The predicted octanol–water partition coefficient (Wildman–Crippen LogP) is 1.15. The lowest BCUT2D eigenvalue weighted by atomic mass is 10.2. The van der Waals surface area contributed by atoms with E-state index in [0.717, 1.165) is 5.56 Å². The highest BCUT2D eigenvalue weighted by molar-refractivity contribution is 7.88. The summed E-state index contributed by atoms with van der Waals surface area (Å²) in [6.45, 7) is 1.57. The first-order valence-corrected chi connectivity index (χ1v) is 9.74. The van der Waals surface area contributed by atoms with Gasteiger partial charge >= 0.3 is 0 Å². The van der Waals surface area contributed by atoms with Gasteiger partial charge in [0.1, 0.15) is 5.69 Å². The van der Waals surface area contributed by atoms with Crippen molar-refractivity contribution in [1.82, 2.24) is 19.2 Å². The van der Waals surface area contributed by atoms with Crippen LogP contribution in [-0.2, 0) is 15.8 Å². The molecule has 2 aromatic rings. The monoisotopic (exact) mass is 360 g/mol. The fraction of sp³-hybridized carbons (Fsp3) is 0.353. The molecule has 1 aromatic carbocycles. The third-order valence-corrected chi connectivity index (χ3v) is 5.96. The quantitative estimate of drug-likeness (QED) is 0.817. The van der Waals surface area contributed by atoms with E-state index in [2.05, 4.69) is 9.97 Å². The van der Waals surface area contributed by atoms with Crippen LogP contribution in [0.25, 0.3) is 0 Å². The molecule has 0 saturated carbocycles. The molecule has 8 heteroatoms. The zero-order valence-corrected chi connectivity index (χ0v) is 14.6. The number of rotatable bonds is 4. The lowest BCUT2D eigenvalue weighted by Gasteiger charge is -2.21. The van der Waals surface area contributed by atoms with Crippen molar-refractivity contribution in [1.29, 1.82) is 0 Å². The Kier molecular flexibility index (Phi) is 5.40. The Morgan fingerprint density at radius 2 is 1.84 bits per heavy atom. The molecule has 0 bridgehead atoms. The molecular weight excluding hydrogens is 340 g/mol. The van der Waals surface area contributed by atoms with Crippen LogP contribution in [0.3, 0.4) is 0 Å². The normalized spacial score (nSPS) is 16.4. The van der Waals surface area contributed by atoms with Crippen molar-refractivity contribution < 1.29 is 13.2 Å². The fourth-order valence-corrected chi connectivity index (χ4v) is 4.39. The Morgan fingerprint density at radius 3 is 2.56 bits per heavy atom. The van der Waals surface area contributed by atoms with Gasteiger partial charge in [0.15, 0.2) is 0 Å². The number of benzene rings is 1. The molecule has 0 aliphatic carbocycles. The summed E-state index contributed by atoms with van der Waals surface area (Å²) in [6.07, 6.45) is 5.01. The molecule has 25 heavy (non-hydrogen) atoms. The molecule has 132 valence electrons. The second-order valence-corrected chi connectivity index (χ2v) is 7.85. The van der Waals surface area contributed by atoms with E-state index in [1.807, 2.05) is 18.2 Å². The Hall–Kier alpha value is -2.32. The Bertz CT molecular complexity index is 812. The van der Waals surface area contributed by atoms with Gasteiger partial charge in [-0.1, -0.05) is 30.3 Å². The van der Waals surface area contributed by atoms with Crippen molar-refractivity contribution in [3.8, 4) is 0 Å². The van der Waals surface area contributed by atoms with E-state index in [0.29, 0.717) is 32.6 Å². The largest absolute Gasteiger partial charge is 0.336 e. The van der Waals surface area contributed by atoms with Gasteiger partial charge in [0, 0.05) is 38.6 Å². The Morgan fingerprint density at radius 1 is 1.04 bits per heavy atom. The number of hydrogen-bond donors (Lipinski definition) is 0. The number of carbonyl (C=O) groups is 1. The number of sulfonamides is 1. The number of amides is 1. The van der Waals surface area contributed by atoms with Crippen molar-refractivity contribution >= 4 is 15.9 Å². The van der Waals surface area contributed by atoms with E-state index in [4.69, 9.17) is 0 Å². The van der Waals surface area contributed by atoms with Crippen LogP contribution in [0.15, 0.2) is 48.9 Å². The van der Waals surface area contributed by atoms with Crippen LogP contribution in [0.4, 0.5) is 0 Å². The molecule has 0 unspecified atom stereocenters. The highest BCUT2D eigenvalue weighted by Gasteiger charge is 2.27. The summed E-state index contributed by atoms with van der Waals surface area (Å²) in [6, 6.07) is 9.12. The number of carbonyl (C=O) groups excluding carboxylic acids is 1. The van der Waals surface area contributed by atoms with Crippen LogP contribution >= 0.6 is 0 Å². The first kappa shape index (κ1) is 17.5. The third-order valence-electron chi connectivity index (χ3n) is 4.11. The SMILES string of the molecule is O=C(c1cnccn1)N1CCCN(S(=O)(=O)Cc2ccccc2)CC1. The highest BCUT2D eigenvalue weighted by Crippen LogP contribution is 2.14. The summed E-state index contributed by atoms with van der Waals surface area (Å²) in [5, 5.41) is 0. The van der Waals surface area contributed by atoms with Gasteiger partial charge in [-0.05, 0) is 12.0 Å². The average molecular weight is 360 g/mol. The third kappa shape index (κ3) is 4.40. The van der Waals surface area contributed by atoms with Gasteiger partial charge in [-0.15, -0.1) is 0 Å².